The van der Waals surface area contributed by atoms with E-state index in [1.165, 1.54) is 7.11 Å². The zero-order chi connectivity index (χ0) is 19.0. The lowest BCUT2D eigenvalue weighted by Crippen LogP contribution is -2.51. The molecule has 2 saturated heterocycles. The molecular formula is C16H27NO8. The number of nitrogens with one attached hydrogen (secondary N) is 1. The van der Waals surface area contributed by atoms with E-state index in [0.717, 1.165) is 0 Å². The number of carbonyl (C=O) groups excluding carboxylic acids is 1. The third kappa shape index (κ3) is 5.04. The average molecular weight is 361 g/mol. The van der Waals surface area contributed by atoms with Crippen LogP contribution < -0.4 is 5.32 Å². The number of carbonyl (C=O) groups is 2. The Kier molecular flexibility index (Phi) is 5.62. The van der Waals surface area contributed by atoms with Crippen molar-refractivity contribution in [1.82, 2.24) is 5.32 Å². The van der Waals surface area contributed by atoms with Crippen LogP contribution >= 0.6 is 0 Å². The smallest absolute Gasteiger partial charge is 0.407 e. The summed E-state index contributed by atoms with van der Waals surface area (Å²) >= 11 is 0. The van der Waals surface area contributed by atoms with Gasteiger partial charge in [0, 0.05) is 7.11 Å². The van der Waals surface area contributed by atoms with Crippen molar-refractivity contribution in [3.05, 3.63) is 0 Å². The van der Waals surface area contributed by atoms with Gasteiger partial charge in [-0.3, -0.25) is 4.79 Å². The highest BCUT2D eigenvalue weighted by Crippen LogP contribution is 2.40. The first kappa shape index (κ1) is 19.9. The quantitative estimate of drug-likeness (QED) is 0.752. The highest BCUT2D eigenvalue weighted by Gasteiger charge is 2.57. The number of hydrogen-bond acceptors (Lipinski definition) is 7. The standard InChI is InChI=1S/C16H27NO8/c1-15(2,3)25-14(20)17-8(7-9(18)19)10-11-12(13(21-6)22-10)24-16(4,5)23-11/h8,10-13H,7H2,1-6H3,(H,17,20)(H,18,19)/t8-,10+,11-,12-,13-/m0/s1. The van der Waals surface area contributed by atoms with E-state index in [1.54, 1.807) is 34.6 Å². The van der Waals surface area contributed by atoms with Crippen LogP contribution in [-0.2, 0) is 28.5 Å². The van der Waals surface area contributed by atoms with Crippen LogP contribution in [0.5, 0.6) is 0 Å². The van der Waals surface area contributed by atoms with Crippen molar-refractivity contribution < 1.29 is 38.4 Å². The molecule has 2 heterocycles. The number of methoxy groups -OCH3 is 1. The highest BCUT2D eigenvalue weighted by atomic mass is 16.8. The van der Waals surface area contributed by atoms with E-state index in [-0.39, 0.29) is 6.42 Å². The molecule has 0 spiro atoms. The van der Waals surface area contributed by atoms with Crippen LogP contribution in [0.15, 0.2) is 0 Å². The van der Waals surface area contributed by atoms with Crippen LogP contribution in [0.25, 0.3) is 0 Å². The number of alkyl carbamates (subject to hydrolysis) is 1. The minimum Gasteiger partial charge on any atom is -0.481 e. The number of carboxylic acids is 1. The van der Waals surface area contributed by atoms with Gasteiger partial charge in [-0.15, -0.1) is 0 Å². The minimum absolute atomic E-state index is 0.354. The van der Waals surface area contributed by atoms with Crippen molar-refractivity contribution in [1.29, 1.82) is 0 Å². The Morgan fingerprint density at radius 3 is 2.36 bits per heavy atom. The Morgan fingerprint density at radius 2 is 1.84 bits per heavy atom. The normalized spacial score (nSPS) is 32.1. The molecular weight excluding hydrogens is 334 g/mol. The van der Waals surface area contributed by atoms with Crippen molar-refractivity contribution in [2.75, 3.05) is 7.11 Å². The second-order valence-electron chi connectivity index (χ2n) is 7.62. The fourth-order valence-corrected chi connectivity index (χ4v) is 3.00. The molecule has 2 aliphatic rings. The zero-order valence-corrected chi connectivity index (χ0v) is 15.4. The Morgan fingerprint density at radius 1 is 1.24 bits per heavy atom. The monoisotopic (exact) mass is 361 g/mol. The number of fused-ring (bicyclic) bond motifs is 1. The molecule has 0 aromatic rings. The number of carboxylic acid groups (broad SMARTS) is 1. The molecule has 5 atom stereocenters. The molecule has 2 aliphatic heterocycles. The first-order chi connectivity index (χ1) is 11.4. The van der Waals surface area contributed by atoms with Crippen LogP contribution in [0.4, 0.5) is 4.79 Å². The summed E-state index contributed by atoms with van der Waals surface area (Å²) < 4.78 is 27.9. The fraction of sp³-hybridized carbons (Fsp3) is 0.875. The average Bonchev–Trinajstić information content (AvgIpc) is 2.87. The van der Waals surface area contributed by atoms with Crippen LogP contribution in [0.3, 0.4) is 0 Å². The molecule has 0 unspecified atom stereocenters. The molecule has 25 heavy (non-hydrogen) atoms. The number of aliphatic carboxylic acids is 1. The summed E-state index contributed by atoms with van der Waals surface area (Å²) in [6, 6.07) is -0.863. The molecule has 0 saturated carbocycles. The number of ether oxygens (including phenoxy) is 5. The summed E-state index contributed by atoms with van der Waals surface area (Å²) in [6.07, 6.45) is -3.62. The first-order valence-electron chi connectivity index (χ1n) is 8.17. The van der Waals surface area contributed by atoms with Gasteiger partial charge in [-0.05, 0) is 34.6 Å². The molecule has 1 amide bonds. The summed E-state index contributed by atoms with van der Waals surface area (Å²) in [6.45, 7) is 8.67. The maximum atomic E-state index is 12.1. The molecule has 9 nitrogen and oxygen atoms in total. The van der Waals surface area contributed by atoms with E-state index < -0.39 is 54.1 Å². The van der Waals surface area contributed by atoms with Gasteiger partial charge in [-0.1, -0.05) is 0 Å². The molecule has 0 aliphatic carbocycles. The molecule has 2 fully saturated rings. The van der Waals surface area contributed by atoms with Gasteiger partial charge in [0.2, 0.25) is 0 Å². The van der Waals surface area contributed by atoms with Gasteiger partial charge < -0.3 is 34.1 Å². The lowest BCUT2D eigenvalue weighted by Gasteiger charge is -2.29. The maximum Gasteiger partial charge on any atom is 0.407 e. The van der Waals surface area contributed by atoms with E-state index in [1.807, 2.05) is 0 Å². The minimum atomic E-state index is -1.08. The van der Waals surface area contributed by atoms with Crippen molar-refractivity contribution in [3.63, 3.8) is 0 Å². The highest BCUT2D eigenvalue weighted by molar-refractivity contribution is 5.71. The number of rotatable bonds is 5. The Bertz CT molecular complexity index is 515. The summed E-state index contributed by atoms with van der Waals surface area (Å²) in [5.41, 5.74) is -0.707. The molecule has 0 aromatic carbocycles. The van der Waals surface area contributed by atoms with Crippen LogP contribution in [0.2, 0.25) is 0 Å². The van der Waals surface area contributed by atoms with Crippen LogP contribution in [-0.4, -0.2) is 66.3 Å². The second kappa shape index (κ2) is 7.06. The lowest BCUT2D eigenvalue weighted by molar-refractivity contribution is -0.230. The van der Waals surface area contributed by atoms with Crippen molar-refractivity contribution in [3.8, 4) is 0 Å². The maximum absolute atomic E-state index is 12.1. The van der Waals surface area contributed by atoms with E-state index in [4.69, 9.17) is 23.7 Å². The van der Waals surface area contributed by atoms with Gasteiger partial charge in [-0.2, -0.15) is 0 Å². The van der Waals surface area contributed by atoms with E-state index >= 15 is 0 Å². The van der Waals surface area contributed by atoms with E-state index in [0.29, 0.717) is 0 Å². The van der Waals surface area contributed by atoms with Crippen LogP contribution in [0, 0.1) is 0 Å². The van der Waals surface area contributed by atoms with Gasteiger partial charge in [-0.25, -0.2) is 4.79 Å². The van der Waals surface area contributed by atoms with Gasteiger partial charge in [0.1, 0.15) is 23.9 Å². The Hall–Kier alpha value is -1.42. The SMILES string of the molecule is CO[C@H]1O[C@H]([C@H](CC(=O)O)NC(=O)OC(C)(C)C)[C@@H]2OC(C)(C)O[C@H]12. The van der Waals surface area contributed by atoms with E-state index in [2.05, 4.69) is 5.32 Å². The topological polar surface area (TPSA) is 113 Å². The molecule has 0 aromatic heterocycles. The van der Waals surface area contributed by atoms with Gasteiger partial charge in [0.15, 0.2) is 12.1 Å². The molecule has 144 valence electrons. The number of hydrogen-bond donors (Lipinski definition) is 2. The summed E-state index contributed by atoms with van der Waals surface area (Å²) in [7, 11) is 1.46. The third-order valence-electron chi connectivity index (χ3n) is 3.77. The van der Waals surface area contributed by atoms with Crippen LogP contribution in [0.1, 0.15) is 41.0 Å². The predicted octanol–water partition coefficient (Wildman–Crippen LogP) is 1.25. The van der Waals surface area contributed by atoms with E-state index in [9.17, 15) is 14.7 Å². The molecule has 0 radical (unpaired) electrons. The molecule has 2 N–H and O–H groups in total. The fourth-order valence-electron chi connectivity index (χ4n) is 3.00. The summed E-state index contributed by atoms with van der Waals surface area (Å²) in [4.78, 5) is 23.3. The molecule has 0 bridgehead atoms. The molecule has 2 rings (SSSR count). The lowest BCUT2D eigenvalue weighted by atomic mass is 10.0. The summed E-state index contributed by atoms with van der Waals surface area (Å²) in [5.74, 6) is -1.94. The predicted molar refractivity (Wildman–Crippen MR) is 84.9 cm³/mol. The van der Waals surface area contributed by atoms with Gasteiger partial charge >= 0.3 is 12.1 Å². The Labute approximate surface area is 146 Å². The Balaban J connectivity index is 2.16. The van der Waals surface area contributed by atoms with Crippen molar-refractivity contribution >= 4 is 12.1 Å². The largest absolute Gasteiger partial charge is 0.481 e. The third-order valence-corrected chi connectivity index (χ3v) is 3.77. The zero-order valence-electron chi connectivity index (χ0n) is 15.4. The second-order valence-corrected chi connectivity index (χ2v) is 7.62. The van der Waals surface area contributed by atoms with Gasteiger partial charge in [0.25, 0.3) is 0 Å². The summed E-state index contributed by atoms with van der Waals surface area (Å²) in [5, 5.41) is 11.8. The number of amides is 1. The first-order valence-corrected chi connectivity index (χ1v) is 8.17. The molecule has 9 heteroatoms. The van der Waals surface area contributed by atoms with Crippen molar-refractivity contribution in [2.45, 2.75) is 83.1 Å². The van der Waals surface area contributed by atoms with Crippen molar-refractivity contribution in [2.24, 2.45) is 0 Å². The van der Waals surface area contributed by atoms with Gasteiger partial charge in [0.05, 0.1) is 12.5 Å².